The zero-order valence-corrected chi connectivity index (χ0v) is 14.5. The number of hydrogen-bond acceptors (Lipinski definition) is 4. The molecule has 0 radical (unpaired) electrons. The average Bonchev–Trinajstić information content (AvgIpc) is 3.38. The lowest BCUT2D eigenvalue weighted by molar-refractivity contribution is -0.160. The molecule has 0 bridgehead atoms. The van der Waals surface area contributed by atoms with Gasteiger partial charge in [-0.3, -0.25) is 4.79 Å². The highest BCUT2D eigenvalue weighted by Crippen LogP contribution is 2.32. The summed E-state index contributed by atoms with van der Waals surface area (Å²) < 4.78 is 11.9. The molecule has 1 saturated carbocycles. The molecule has 2 N–H and O–H groups in total. The van der Waals surface area contributed by atoms with E-state index >= 15 is 0 Å². The van der Waals surface area contributed by atoms with Gasteiger partial charge in [0.05, 0.1) is 6.10 Å². The summed E-state index contributed by atoms with van der Waals surface area (Å²) in [4.78, 5) is 12.1. The molecular weight excluding hydrogens is 302 g/mol. The van der Waals surface area contributed by atoms with E-state index in [1.807, 2.05) is 13.0 Å². The van der Waals surface area contributed by atoms with Crippen molar-refractivity contribution < 1.29 is 14.3 Å². The van der Waals surface area contributed by atoms with Gasteiger partial charge in [-0.2, -0.15) is 0 Å². The van der Waals surface area contributed by atoms with E-state index in [-0.39, 0.29) is 18.2 Å². The lowest BCUT2D eigenvalue weighted by atomic mass is 9.87. The van der Waals surface area contributed by atoms with Gasteiger partial charge in [-0.05, 0) is 56.4 Å². The van der Waals surface area contributed by atoms with Crippen LogP contribution < -0.4 is 5.73 Å². The van der Waals surface area contributed by atoms with Crippen LogP contribution in [0.4, 0.5) is 0 Å². The Hall–Kier alpha value is -1.39. The summed E-state index contributed by atoms with van der Waals surface area (Å²) in [5.41, 5.74) is 7.25. The molecule has 1 aliphatic carbocycles. The highest BCUT2D eigenvalue weighted by atomic mass is 16.6. The Morgan fingerprint density at radius 1 is 1.17 bits per heavy atom. The maximum Gasteiger partial charge on any atom is 0.323 e. The van der Waals surface area contributed by atoms with Crippen molar-refractivity contribution in [1.29, 1.82) is 0 Å². The fourth-order valence-electron chi connectivity index (χ4n) is 3.54. The van der Waals surface area contributed by atoms with Crippen molar-refractivity contribution in [1.82, 2.24) is 0 Å². The van der Waals surface area contributed by atoms with Crippen LogP contribution in [0.2, 0.25) is 0 Å². The minimum Gasteiger partial charge on any atom is -0.459 e. The third-order valence-corrected chi connectivity index (χ3v) is 5.18. The van der Waals surface area contributed by atoms with E-state index in [4.69, 9.17) is 15.2 Å². The van der Waals surface area contributed by atoms with Gasteiger partial charge in [-0.25, -0.2) is 0 Å². The van der Waals surface area contributed by atoms with Crippen LogP contribution in [0.1, 0.15) is 44.6 Å². The fraction of sp³-hybridized carbons (Fsp3) is 0.650. The zero-order valence-electron chi connectivity index (χ0n) is 14.5. The Balaban J connectivity index is 1.74. The number of nitrogens with two attached hydrogens (primary N) is 1. The first-order valence-electron chi connectivity index (χ1n) is 9.25. The van der Waals surface area contributed by atoms with Crippen LogP contribution in [0.15, 0.2) is 30.3 Å². The predicted molar refractivity (Wildman–Crippen MR) is 93.5 cm³/mol. The zero-order chi connectivity index (χ0) is 16.9. The second-order valence-corrected chi connectivity index (χ2v) is 7.37. The van der Waals surface area contributed by atoms with Crippen molar-refractivity contribution in [2.75, 3.05) is 6.61 Å². The molecule has 1 aliphatic heterocycles. The highest BCUT2D eigenvalue weighted by Gasteiger charge is 2.35. The first-order valence-corrected chi connectivity index (χ1v) is 9.25. The Morgan fingerprint density at radius 3 is 2.62 bits per heavy atom. The van der Waals surface area contributed by atoms with Gasteiger partial charge in [0.25, 0.3) is 0 Å². The molecule has 4 unspecified atom stereocenters. The SMILES string of the molecule is CC1OC(=O)C(N)CCCC(Cc2ccccc2)C1OCC1CC1. The Labute approximate surface area is 144 Å². The van der Waals surface area contributed by atoms with Crippen LogP contribution in [0.25, 0.3) is 0 Å². The van der Waals surface area contributed by atoms with Crippen LogP contribution >= 0.6 is 0 Å². The maximum atomic E-state index is 12.1. The van der Waals surface area contributed by atoms with Gasteiger partial charge in [0.1, 0.15) is 12.1 Å². The summed E-state index contributed by atoms with van der Waals surface area (Å²) in [7, 11) is 0. The Bertz CT molecular complexity index is 529. The summed E-state index contributed by atoms with van der Waals surface area (Å²) in [5.74, 6) is 0.752. The molecule has 24 heavy (non-hydrogen) atoms. The largest absolute Gasteiger partial charge is 0.459 e. The number of ether oxygens (including phenoxy) is 2. The van der Waals surface area contributed by atoms with E-state index < -0.39 is 6.04 Å². The van der Waals surface area contributed by atoms with Crippen LogP contribution in [0.5, 0.6) is 0 Å². The lowest BCUT2D eigenvalue weighted by Gasteiger charge is -2.31. The molecule has 4 atom stereocenters. The lowest BCUT2D eigenvalue weighted by Crippen LogP contribution is -2.41. The number of carbonyl (C=O) groups is 1. The third kappa shape index (κ3) is 4.81. The van der Waals surface area contributed by atoms with Crippen molar-refractivity contribution >= 4 is 5.97 Å². The van der Waals surface area contributed by atoms with Crippen molar-refractivity contribution in [3.8, 4) is 0 Å². The monoisotopic (exact) mass is 331 g/mol. The minimum atomic E-state index is -0.507. The molecule has 1 aromatic carbocycles. The molecule has 3 rings (SSSR count). The van der Waals surface area contributed by atoms with Gasteiger partial charge in [0.2, 0.25) is 0 Å². The van der Waals surface area contributed by atoms with Crippen LogP contribution in [-0.4, -0.2) is 30.8 Å². The van der Waals surface area contributed by atoms with Crippen molar-refractivity contribution in [3.05, 3.63) is 35.9 Å². The molecule has 2 aliphatic rings. The second kappa shape index (κ2) is 8.13. The summed E-state index contributed by atoms with van der Waals surface area (Å²) in [6.07, 6.45) is 5.79. The standard InChI is InChI=1S/C20H29NO3/c1-14-19(23-13-16-10-11-16)17(12-15-6-3-2-4-7-15)8-5-9-18(21)20(22)24-14/h2-4,6-7,14,16-19H,5,8-13,21H2,1H3. The topological polar surface area (TPSA) is 61.5 Å². The van der Waals surface area contributed by atoms with E-state index in [1.54, 1.807) is 0 Å². The number of benzene rings is 1. The highest BCUT2D eigenvalue weighted by molar-refractivity contribution is 5.75. The molecule has 1 saturated heterocycles. The van der Waals surface area contributed by atoms with Crippen molar-refractivity contribution in [3.63, 3.8) is 0 Å². The quantitative estimate of drug-likeness (QED) is 0.842. The van der Waals surface area contributed by atoms with E-state index in [9.17, 15) is 4.79 Å². The Kier molecular flexibility index (Phi) is 5.90. The number of cyclic esters (lactones) is 1. The van der Waals surface area contributed by atoms with Crippen LogP contribution in [-0.2, 0) is 20.7 Å². The summed E-state index contributed by atoms with van der Waals surface area (Å²) >= 11 is 0. The molecule has 0 aromatic heterocycles. The second-order valence-electron chi connectivity index (χ2n) is 7.37. The van der Waals surface area contributed by atoms with Crippen molar-refractivity contribution in [2.45, 2.75) is 63.7 Å². The summed E-state index contributed by atoms with van der Waals surface area (Å²) in [6.45, 7) is 2.73. The molecule has 4 heteroatoms. The molecule has 132 valence electrons. The predicted octanol–water partition coefficient (Wildman–Crippen LogP) is 3.08. The minimum absolute atomic E-state index is 0.0555. The fourth-order valence-corrected chi connectivity index (χ4v) is 3.54. The normalized spacial score (nSPS) is 31.7. The molecular formula is C20H29NO3. The van der Waals surface area contributed by atoms with Gasteiger partial charge in [-0.1, -0.05) is 36.8 Å². The van der Waals surface area contributed by atoms with Gasteiger partial charge in [-0.15, -0.1) is 0 Å². The average molecular weight is 331 g/mol. The first kappa shape index (κ1) is 17.4. The van der Waals surface area contributed by atoms with Crippen LogP contribution in [0.3, 0.4) is 0 Å². The molecule has 1 aromatic rings. The van der Waals surface area contributed by atoms with Gasteiger partial charge >= 0.3 is 5.97 Å². The third-order valence-electron chi connectivity index (χ3n) is 5.18. The summed E-state index contributed by atoms with van der Waals surface area (Å²) in [5, 5.41) is 0. The van der Waals surface area contributed by atoms with Crippen LogP contribution in [0, 0.1) is 11.8 Å². The van der Waals surface area contributed by atoms with Gasteiger partial charge in [0, 0.05) is 6.61 Å². The van der Waals surface area contributed by atoms with E-state index in [1.165, 1.54) is 18.4 Å². The molecule has 1 heterocycles. The van der Waals surface area contributed by atoms with Gasteiger partial charge in [0.15, 0.2) is 0 Å². The number of esters is 1. The molecule has 0 amide bonds. The number of hydrogen-bond donors (Lipinski definition) is 1. The Morgan fingerprint density at radius 2 is 1.92 bits per heavy atom. The van der Waals surface area contributed by atoms with E-state index in [0.29, 0.717) is 18.3 Å². The molecule has 0 spiro atoms. The summed E-state index contributed by atoms with van der Waals surface area (Å²) in [6, 6.07) is 10.00. The maximum absolute atomic E-state index is 12.1. The first-order chi connectivity index (χ1) is 11.6. The van der Waals surface area contributed by atoms with E-state index in [0.717, 1.165) is 25.9 Å². The van der Waals surface area contributed by atoms with Gasteiger partial charge < -0.3 is 15.2 Å². The number of carbonyl (C=O) groups excluding carboxylic acids is 1. The smallest absolute Gasteiger partial charge is 0.323 e. The number of rotatable bonds is 5. The van der Waals surface area contributed by atoms with E-state index in [2.05, 4.69) is 24.3 Å². The molecule has 4 nitrogen and oxygen atoms in total. The van der Waals surface area contributed by atoms with Crippen molar-refractivity contribution in [2.24, 2.45) is 17.6 Å². The molecule has 2 fully saturated rings.